The SMILES string of the molecule is Cc1ncccc1Oc1nccnc1C1CCCN(CC(=O)N2CCOCC2)C1. The molecular weight excluding hydrogens is 370 g/mol. The van der Waals surface area contributed by atoms with Gasteiger partial charge in [-0.3, -0.25) is 19.7 Å². The highest BCUT2D eigenvalue weighted by atomic mass is 16.5. The van der Waals surface area contributed by atoms with Crippen molar-refractivity contribution in [3.8, 4) is 11.6 Å². The lowest BCUT2D eigenvalue weighted by Crippen LogP contribution is -2.47. The molecule has 1 unspecified atom stereocenters. The smallest absolute Gasteiger partial charge is 0.241 e. The molecule has 0 aromatic carbocycles. The van der Waals surface area contributed by atoms with E-state index < -0.39 is 0 Å². The summed E-state index contributed by atoms with van der Waals surface area (Å²) in [7, 11) is 0. The zero-order valence-corrected chi connectivity index (χ0v) is 16.8. The quantitative estimate of drug-likeness (QED) is 0.763. The topological polar surface area (TPSA) is 80.7 Å². The Morgan fingerprint density at radius 1 is 1.17 bits per heavy atom. The second-order valence-corrected chi connectivity index (χ2v) is 7.50. The van der Waals surface area contributed by atoms with Gasteiger partial charge >= 0.3 is 0 Å². The molecular formula is C21H27N5O3. The first-order valence-corrected chi connectivity index (χ1v) is 10.2. The zero-order chi connectivity index (χ0) is 20.1. The molecule has 0 aliphatic carbocycles. The maximum absolute atomic E-state index is 12.6. The molecule has 4 heterocycles. The minimum atomic E-state index is 0.176. The Morgan fingerprint density at radius 3 is 2.83 bits per heavy atom. The summed E-state index contributed by atoms with van der Waals surface area (Å²) >= 11 is 0. The third-order valence-corrected chi connectivity index (χ3v) is 5.47. The predicted molar refractivity (Wildman–Crippen MR) is 107 cm³/mol. The Kier molecular flexibility index (Phi) is 6.31. The van der Waals surface area contributed by atoms with Crippen LogP contribution < -0.4 is 4.74 Å². The van der Waals surface area contributed by atoms with Gasteiger partial charge in [0, 0.05) is 44.1 Å². The fourth-order valence-corrected chi connectivity index (χ4v) is 3.90. The fraction of sp³-hybridized carbons (Fsp3) is 0.524. The van der Waals surface area contributed by atoms with Gasteiger partial charge in [-0.2, -0.15) is 0 Å². The van der Waals surface area contributed by atoms with Crippen LogP contribution in [0.15, 0.2) is 30.7 Å². The van der Waals surface area contributed by atoms with E-state index in [2.05, 4.69) is 19.9 Å². The van der Waals surface area contributed by atoms with Gasteiger partial charge in [-0.25, -0.2) is 4.98 Å². The summed E-state index contributed by atoms with van der Waals surface area (Å²) in [5, 5.41) is 0. The number of carbonyl (C=O) groups excluding carboxylic acids is 1. The van der Waals surface area contributed by atoms with Crippen LogP contribution in [0.4, 0.5) is 0 Å². The number of amides is 1. The van der Waals surface area contributed by atoms with E-state index in [1.54, 1.807) is 18.6 Å². The lowest BCUT2D eigenvalue weighted by molar-refractivity contribution is -0.136. The molecule has 0 saturated carbocycles. The van der Waals surface area contributed by atoms with Crippen LogP contribution in [0.3, 0.4) is 0 Å². The van der Waals surface area contributed by atoms with Gasteiger partial charge in [0.05, 0.1) is 25.5 Å². The zero-order valence-electron chi connectivity index (χ0n) is 16.8. The van der Waals surface area contributed by atoms with Gasteiger partial charge in [0.15, 0.2) is 5.75 Å². The van der Waals surface area contributed by atoms with E-state index in [4.69, 9.17) is 9.47 Å². The molecule has 0 spiro atoms. The molecule has 154 valence electrons. The molecule has 2 fully saturated rings. The molecule has 4 rings (SSSR count). The monoisotopic (exact) mass is 397 g/mol. The second-order valence-electron chi connectivity index (χ2n) is 7.50. The number of nitrogens with zero attached hydrogens (tertiary/aromatic N) is 5. The summed E-state index contributed by atoms with van der Waals surface area (Å²) in [6.45, 7) is 6.66. The van der Waals surface area contributed by atoms with Gasteiger partial charge < -0.3 is 14.4 Å². The van der Waals surface area contributed by atoms with Gasteiger partial charge in [0.2, 0.25) is 11.8 Å². The Labute approximate surface area is 170 Å². The highest BCUT2D eigenvalue weighted by Gasteiger charge is 2.28. The number of morpholine rings is 1. The van der Waals surface area contributed by atoms with Gasteiger partial charge in [0.1, 0.15) is 5.69 Å². The van der Waals surface area contributed by atoms with Crippen molar-refractivity contribution in [2.45, 2.75) is 25.7 Å². The van der Waals surface area contributed by atoms with Crippen molar-refractivity contribution in [1.82, 2.24) is 24.8 Å². The van der Waals surface area contributed by atoms with Crippen LogP contribution in [0.5, 0.6) is 11.6 Å². The average molecular weight is 397 g/mol. The Bertz CT molecular complexity index is 841. The van der Waals surface area contributed by atoms with Crippen molar-refractivity contribution in [2.24, 2.45) is 0 Å². The number of aryl methyl sites for hydroxylation is 1. The predicted octanol–water partition coefficient (Wildman–Crippen LogP) is 2.01. The highest BCUT2D eigenvalue weighted by Crippen LogP contribution is 2.33. The molecule has 2 aromatic heterocycles. The van der Waals surface area contributed by atoms with E-state index in [1.165, 1.54) is 0 Å². The standard InChI is InChI=1S/C21H27N5O3/c1-16-18(5-2-6-22-16)29-21-20(23-7-8-24-21)17-4-3-9-25(14-17)15-19(27)26-10-12-28-13-11-26/h2,5-8,17H,3-4,9-15H2,1H3. The van der Waals surface area contributed by atoms with Crippen LogP contribution in [-0.2, 0) is 9.53 Å². The summed E-state index contributed by atoms with van der Waals surface area (Å²) in [5.74, 6) is 1.57. The van der Waals surface area contributed by atoms with Crippen molar-refractivity contribution in [1.29, 1.82) is 0 Å². The van der Waals surface area contributed by atoms with Gasteiger partial charge in [-0.1, -0.05) is 0 Å². The van der Waals surface area contributed by atoms with Crippen LogP contribution in [0.1, 0.15) is 30.1 Å². The molecule has 2 aliphatic heterocycles. The van der Waals surface area contributed by atoms with Crippen LogP contribution in [0.25, 0.3) is 0 Å². The van der Waals surface area contributed by atoms with Gasteiger partial charge in [-0.15, -0.1) is 0 Å². The number of hydrogen-bond donors (Lipinski definition) is 0. The molecule has 1 atom stereocenters. The van der Waals surface area contributed by atoms with E-state index >= 15 is 0 Å². The number of ether oxygens (including phenoxy) is 2. The van der Waals surface area contributed by atoms with Crippen molar-refractivity contribution >= 4 is 5.91 Å². The first-order valence-electron chi connectivity index (χ1n) is 10.2. The second kappa shape index (κ2) is 9.28. The lowest BCUT2D eigenvalue weighted by Gasteiger charge is -2.34. The summed E-state index contributed by atoms with van der Waals surface area (Å²) in [4.78, 5) is 30.0. The maximum Gasteiger partial charge on any atom is 0.241 e. The first kappa shape index (κ1) is 19.7. The molecule has 0 N–H and O–H groups in total. The minimum absolute atomic E-state index is 0.176. The average Bonchev–Trinajstić information content (AvgIpc) is 2.76. The summed E-state index contributed by atoms with van der Waals surface area (Å²) in [6, 6.07) is 3.73. The lowest BCUT2D eigenvalue weighted by atomic mass is 9.94. The van der Waals surface area contributed by atoms with Crippen molar-refractivity contribution in [3.05, 3.63) is 42.1 Å². The Morgan fingerprint density at radius 2 is 2.00 bits per heavy atom. The molecule has 29 heavy (non-hydrogen) atoms. The van der Waals surface area contributed by atoms with E-state index in [1.807, 2.05) is 24.0 Å². The number of hydrogen-bond acceptors (Lipinski definition) is 7. The number of pyridine rings is 1. The molecule has 2 saturated heterocycles. The molecule has 1 amide bonds. The van der Waals surface area contributed by atoms with Gasteiger partial charge in [0.25, 0.3) is 0 Å². The summed E-state index contributed by atoms with van der Waals surface area (Å²) < 4.78 is 11.4. The van der Waals surface area contributed by atoms with Crippen LogP contribution in [0, 0.1) is 6.92 Å². The number of likely N-dealkylation sites (tertiary alicyclic amines) is 1. The van der Waals surface area contributed by atoms with Crippen LogP contribution >= 0.6 is 0 Å². The van der Waals surface area contributed by atoms with E-state index in [0.717, 1.165) is 37.3 Å². The molecule has 2 aliphatic rings. The first-order chi connectivity index (χ1) is 14.2. The van der Waals surface area contributed by atoms with Crippen LogP contribution in [-0.4, -0.2) is 76.6 Å². The number of piperidine rings is 1. The molecule has 0 bridgehead atoms. The Hall–Kier alpha value is -2.58. The number of rotatable bonds is 5. The van der Waals surface area contributed by atoms with Gasteiger partial charge in [-0.05, 0) is 38.4 Å². The molecule has 0 radical (unpaired) electrons. The third-order valence-electron chi connectivity index (χ3n) is 5.47. The van der Waals surface area contributed by atoms with Crippen molar-refractivity contribution in [2.75, 3.05) is 45.9 Å². The number of carbonyl (C=O) groups is 1. The van der Waals surface area contributed by atoms with Crippen molar-refractivity contribution < 1.29 is 14.3 Å². The fourth-order valence-electron chi connectivity index (χ4n) is 3.90. The summed E-state index contributed by atoms with van der Waals surface area (Å²) in [6.07, 6.45) is 7.11. The van der Waals surface area contributed by atoms with E-state index in [9.17, 15) is 4.79 Å². The minimum Gasteiger partial charge on any atom is -0.435 e. The molecule has 2 aromatic rings. The van der Waals surface area contributed by atoms with E-state index in [-0.39, 0.29) is 11.8 Å². The van der Waals surface area contributed by atoms with Crippen LogP contribution in [0.2, 0.25) is 0 Å². The van der Waals surface area contributed by atoms with E-state index in [0.29, 0.717) is 44.5 Å². The summed E-state index contributed by atoms with van der Waals surface area (Å²) in [5.41, 5.74) is 1.66. The maximum atomic E-state index is 12.6. The highest BCUT2D eigenvalue weighted by molar-refractivity contribution is 5.78. The third kappa shape index (κ3) is 4.89. The normalized spacial score (nSPS) is 20.4. The van der Waals surface area contributed by atoms with Crippen molar-refractivity contribution in [3.63, 3.8) is 0 Å². The molecule has 8 nitrogen and oxygen atoms in total. The molecule has 8 heteroatoms. The Balaban J connectivity index is 1.44. The largest absolute Gasteiger partial charge is 0.435 e. The number of aromatic nitrogens is 3.